The maximum Gasteiger partial charge on any atom is 0.255 e. The average molecular weight is 425 g/mol. The summed E-state index contributed by atoms with van der Waals surface area (Å²) in [5.74, 6) is -6.67. The number of aromatic hydroxyl groups is 1. The van der Waals surface area contributed by atoms with Crippen molar-refractivity contribution in [2.75, 3.05) is 0 Å². The molecule has 0 radical (unpaired) electrons. The van der Waals surface area contributed by atoms with Gasteiger partial charge in [0.25, 0.3) is 5.91 Å². The summed E-state index contributed by atoms with van der Waals surface area (Å²) in [7, 11) is 0. The maximum absolute atomic E-state index is 13.4. The van der Waals surface area contributed by atoms with Crippen LogP contribution in [0.4, 0.5) is 0 Å². The van der Waals surface area contributed by atoms with Gasteiger partial charge in [-0.25, -0.2) is 0 Å². The fraction of sp³-hybridized carbons (Fsp3) is 0.318. The molecule has 1 amide bonds. The lowest BCUT2D eigenvalue weighted by molar-refractivity contribution is -0.160. The number of ketones is 2. The molecule has 1 fully saturated rings. The Morgan fingerprint density at radius 2 is 1.90 bits per heavy atom. The number of primary amides is 1. The summed E-state index contributed by atoms with van der Waals surface area (Å²) in [6.07, 6.45) is 3.33. The minimum atomic E-state index is -2.85. The summed E-state index contributed by atoms with van der Waals surface area (Å²) in [4.78, 5) is 37.4. The molecular formula is C22H19NO8. The highest BCUT2D eigenvalue weighted by molar-refractivity contribution is 6.23. The predicted octanol–water partition coefficient (Wildman–Crippen LogP) is -0.0630. The quantitative estimate of drug-likeness (QED) is 0.267. The minimum absolute atomic E-state index is 0.123. The molecule has 5 unspecified atom stereocenters. The minimum Gasteiger partial charge on any atom is -0.508 e. The molecule has 0 bridgehead atoms. The molecule has 9 nitrogen and oxygen atoms in total. The molecule has 9 heteroatoms. The van der Waals surface area contributed by atoms with Crippen LogP contribution in [0.5, 0.6) is 5.75 Å². The second-order valence-corrected chi connectivity index (χ2v) is 8.05. The average Bonchev–Trinajstić information content (AvgIpc) is 2.70. The Kier molecular flexibility index (Phi) is 4.29. The third-order valence-corrected chi connectivity index (χ3v) is 6.63. The number of terminal acetylenes is 1. The number of carbonyl (C=O) groups excluding carboxylic acids is 3. The van der Waals surface area contributed by atoms with Gasteiger partial charge < -0.3 is 31.3 Å². The van der Waals surface area contributed by atoms with E-state index in [0.717, 1.165) is 0 Å². The van der Waals surface area contributed by atoms with Gasteiger partial charge in [0.2, 0.25) is 5.78 Å². The summed E-state index contributed by atoms with van der Waals surface area (Å²) < 4.78 is 0. The number of rotatable bonds is 1. The molecular weight excluding hydrogens is 406 g/mol. The van der Waals surface area contributed by atoms with E-state index in [9.17, 15) is 39.9 Å². The van der Waals surface area contributed by atoms with Crippen molar-refractivity contribution in [3.8, 4) is 18.1 Å². The molecule has 0 saturated heterocycles. The molecule has 5 atom stereocenters. The second-order valence-electron chi connectivity index (χ2n) is 8.05. The van der Waals surface area contributed by atoms with E-state index >= 15 is 0 Å². The number of fused-ring (bicyclic) bond motifs is 3. The Morgan fingerprint density at radius 1 is 1.26 bits per heavy atom. The molecule has 1 aromatic rings. The van der Waals surface area contributed by atoms with Crippen LogP contribution in [-0.4, -0.2) is 54.7 Å². The van der Waals surface area contributed by atoms with Crippen LogP contribution in [0.3, 0.4) is 0 Å². The Bertz CT molecular complexity index is 1190. The summed E-state index contributed by atoms with van der Waals surface area (Å²) in [6, 6.07) is 2.69. The topological polar surface area (TPSA) is 178 Å². The lowest BCUT2D eigenvalue weighted by Crippen LogP contribution is -2.64. The number of aliphatic hydroxyl groups excluding tert-OH is 3. The van der Waals surface area contributed by atoms with Gasteiger partial charge in [0, 0.05) is 29.4 Å². The normalized spacial score (nSPS) is 32.2. The van der Waals surface area contributed by atoms with Gasteiger partial charge in [-0.15, -0.1) is 6.42 Å². The van der Waals surface area contributed by atoms with Gasteiger partial charge in [0.1, 0.15) is 22.8 Å². The van der Waals surface area contributed by atoms with Crippen molar-refractivity contribution in [2.45, 2.75) is 31.0 Å². The second kappa shape index (κ2) is 6.44. The van der Waals surface area contributed by atoms with Crippen LogP contribution < -0.4 is 5.73 Å². The molecule has 0 spiro atoms. The predicted molar refractivity (Wildman–Crippen MR) is 105 cm³/mol. The first-order chi connectivity index (χ1) is 14.5. The summed E-state index contributed by atoms with van der Waals surface area (Å²) in [6.45, 7) is 1.62. The van der Waals surface area contributed by atoms with E-state index in [0.29, 0.717) is 11.1 Å². The summed E-state index contributed by atoms with van der Waals surface area (Å²) in [5, 5.41) is 54.1. The first-order valence-electron chi connectivity index (χ1n) is 9.46. The van der Waals surface area contributed by atoms with E-state index in [2.05, 4.69) is 5.92 Å². The van der Waals surface area contributed by atoms with Gasteiger partial charge in [0.05, 0.1) is 11.7 Å². The first kappa shape index (κ1) is 20.7. The van der Waals surface area contributed by atoms with Crippen LogP contribution in [0.25, 0.3) is 5.76 Å². The fourth-order valence-corrected chi connectivity index (χ4v) is 5.20. The van der Waals surface area contributed by atoms with Crippen LogP contribution in [0, 0.1) is 24.2 Å². The van der Waals surface area contributed by atoms with Crippen LogP contribution >= 0.6 is 0 Å². The van der Waals surface area contributed by atoms with Gasteiger partial charge >= 0.3 is 0 Å². The number of benzene rings is 1. The Morgan fingerprint density at radius 3 is 2.48 bits per heavy atom. The molecule has 0 aliphatic heterocycles. The van der Waals surface area contributed by atoms with Gasteiger partial charge in [-0.1, -0.05) is 12.8 Å². The van der Waals surface area contributed by atoms with Crippen LogP contribution in [0.1, 0.15) is 36.0 Å². The van der Waals surface area contributed by atoms with Gasteiger partial charge in [0.15, 0.2) is 11.4 Å². The highest BCUT2D eigenvalue weighted by Crippen LogP contribution is 2.56. The fourth-order valence-electron chi connectivity index (χ4n) is 5.20. The molecule has 3 aliphatic rings. The van der Waals surface area contributed by atoms with Crippen molar-refractivity contribution in [1.29, 1.82) is 0 Å². The number of aliphatic hydroxyl groups is 4. The number of hydrogen-bond donors (Lipinski definition) is 6. The first-order valence-corrected chi connectivity index (χ1v) is 9.46. The molecule has 0 aromatic heterocycles. The zero-order valence-electron chi connectivity index (χ0n) is 16.3. The third kappa shape index (κ3) is 2.37. The van der Waals surface area contributed by atoms with E-state index < -0.39 is 76.0 Å². The smallest absolute Gasteiger partial charge is 0.255 e. The van der Waals surface area contributed by atoms with E-state index in [1.165, 1.54) is 12.1 Å². The molecule has 31 heavy (non-hydrogen) atoms. The lowest BCUT2D eigenvalue weighted by Gasteiger charge is -2.50. The number of hydrogen-bond acceptors (Lipinski definition) is 8. The SMILES string of the molecule is C#Cc1ccc(O)c2c1C(C)C1C(=C2O)C(=O)C2(O)C(O)=C(C(N)=O)C(=O)CC2C1O. The van der Waals surface area contributed by atoms with E-state index in [1.807, 2.05) is 0 Å². The zero-order valence-corrected chi connectivity index (χ0v) is 16.3. The molecule has 3 aliphatic carbocycles. The van der Waals surface area contributed by atoms with Crippen molar-refractivity contribution in [2.24, 2.45) is 17.6 Å². The Balaban J connectivity index is 2.05. The molecule has 7 N–H and O–H groups in total. The van der Waals surface area contributed by atoms with Crippen LogP contribution in [0.2, 0.25) is 0 Å². The van der Waals surface area contributed by atoms with E-state index in [-0.39, 0.29) is 11.3 Å². The highest BCUT2D eigenvalue weighted by Gasteiger charge is 2.65. The van der Waals surface area contributed by atoms with E-state index in [1.54, 1.807) is 6.92 Å². The van der Waals surface area contributed by atoms with Crippen molar-refractivity contribution < 1.29 is 39.9 Å². The molecule has 4 rings (SSSR count). The molecule has 1 aromatic carbocycles. The monoisotopic (exact) mass is 425 g/mol. The largest absolute Gasteiger partial charge is 0.508 e. The summed E-state index contributed by atoms with van der Waals surface area (Å²) >= 11 is 0. The molecule has 160 valence electrons. The van der Waals surface area contributed by atoms with E-state index in [4.69, 9.17) is 12.2 Å². The maximum atomic E-state index is 13.4. The molecule has 0 heterocycles. The van der Waals surface area contributed by atoms with Crippen molar-refractivity contribution in [3.05, 3.63) is 45.7 Å². The molecule has 1 saturated carbocycles. The Hall–Kier alpha value is -3.61. The van der Waals surface area contributed by atoms with Crippen LogP contribution in [-0.2, 0) is 14.4 Å². The third-order valence-electron chi connectivity index (χ3n) is 6.63. The van der Waals surface area contributed by atoms with Crippen molar-refractivity contribution in [1.82, 2.24) is 0 Å². The number of carbonyl (C=O) groups is 3. The summed E-state index contributed by atoms with van der Waals surface area (Å²) in [5.41, 5.74) is 1.43. The van der Waals surface area contributed by atoms with Crippen LogP contribution in [0.15, 0.2) is 29.0 Å². The Labute approximate surface area is 176 Å². The number of phenols is 1. The highest BCUT2D eigenvalue weighted by atomic mass is 16.4. The number of Topliss-reactive ketones (excluding diaryl/α,β-unsaturated/α-hetero) is 2. The lowest BCUT2D eigenvalue weighted by atomic mass is 9.55. The van der Waals surface area contributed by atoms with Gasteiger partial charge in [-0.3, -0.25) is 14.4 Å². The van der Waals surface area contributed by atoms with Crippen molar-refractivity contribution in [3.63, 3.8) is 0 Å². The van der Waals surface area contributed by atoms with Gasteiger partial charge in [-0.05, 0) is 23.6 Å². The number of nitrogens with two attached hydrogens (primary N) is 1. The number of amides is 1. The standard InChI is InChI=1S/C22H19NO8/c1-3-8-4-5-10(24)14-12(8)7(2)13-16(18(14)27)20(29)22(31)9(17(13)26)6-11(25)15(19(22)28)21(23)30/h1,4-5,7,9,13,17,24,26-28,31H,6H2,2H3,(H2,23,30). The number of phenolic OH excluding ortho intramolecular Hbond substituents is 1. The zero-order chi connectivity index (χ0) is 23.0. The van der Waals surface area contributed by atoms with Gasteiger partial charge in [-0.2, -0.15) is 0 Å². The van der Waals surface area contributed by atoms with Crippen molar-refractivity contribution >= 4 is 23.2 Å².